The zero-order chi connectivity index (χ0) is 13.9. The number of nitrogens with one attached hydrogen (secondary N) is 1. The number of rotatable bonds is 4. The van der Waals surface area contributed by atoms with Gasteiger partial charge < -0.3 is 10.4 Å². The van der Waals surface area contributed by atoms with Crippen LogP contribution in [0.25, 0.3) is 6.08 Å². The molecular formula is C13H15NO3S2. The van der Waals surface area contributed by atoms with Crippen molar-refractivity contribution in [2.45, 2.75) is 18.9 Å². The molecule has 1 aliphatic heterocycles. The number of carboxylic acid groups (broad SMARTS) is 1. The number of amides is 1. The number of carboxylic acids is 1. The highest BCUT2D eigenvalue weighted by Crippen LogP contribution is 2.28. The van der Waals surface area contributed by atoms with Gasteiger partial charge in [0.1, 0.15) is 5.54 Å². The van der Waals surface area contributed by atoms with E-state index in [1.165, 1.54) is 6.08 Å². The van der Waals surface area contributed by atoms with E-state index in [1.54, 1.807) is 29.2 Å². The molecule has 2 N–H and O–H groups in total. The van der Waals surface area contributed by atoms with E-state index in [1.807, 2.05) is 18.4 Å². The van der Waals surface area contributed by atoms with Gasteiger partial charge >= 0.3 is 5.97 Å². The second kappa shape index (κ2) is 5.79. The number of thiophene rings is 1. The van der Waals surface area contributed by atoms with Crippen molar-refractivity contribution >= 4 is 41.1 Å². The van der Waals surface area contributed by atoms with Crippen molar-refractivity contribution in [3.05, 3.63) is 28.0 Å². The van der Waals surface area contributed by atoms with Gasteiger partial charge in [0.05, 0.1) is 0 Å². The van der Waals surface area contributed by atoms with Crippen LogP contribution in [0, 0.1) is 6.92 Å². The molecule has 0 aromatic carbocycles. The highest BCUT2D eigenvalue weighted by molar-refractivity contribution is 7.99. The molecule has 1 fully saturated rings. The predicted octanol–water partition coefficient (Wildman–Crippen LogP) is 2.15. The third-order valence-corrected chi connectivity index (χ3v) is 5.26. The van der Waals surface area contributed by atoms with Crippen LogP contribution in [0.4, 0.5) is 0 Å². The number of thioether (sulfide) groups is 1. The topological polar surface area (TPSA) is 66.4 Å². The maximum absolute atomic E-state index is 11.8. The van der Waals surface area contributed by atoms with Crippen LogP contribution < -0.4 is 5.32 Å². The van der Waals surface area contributed by atoms with Gasteiger partial charge in [-0.15, -0.1) is 11.3 Å². The highest BCUT2D eigenvalue weighted by Gasteiger charge is 2.42. The van der Waals surface area contributed by atoms with E-state index in [9.17, 15) is 14.7 Å². The predicted molar refractivity (Wildman–Crippen MR) is 78.5 cm³/mol. The molecule has 0 bridgehead atoms. The molecule has 2 rings (SSSR count). The Labute approximate surface area is 119 Å². The van der Waals surface area contributed by atoms with Gasteiger partial charge in [0.25, 0.3) is 0 Å². The van der Waals surface area contributed by atoms with E-state index in [0.29, 0.717) is 12.2 Å². The zero-order valence-corrected chi connectivity index (χ0v) is 12.1. The van der Waals surface area contributed by atoms with Crippen LogP contribution in [0.3, 0.4) is 0 Å². The summed E-state index contributed by atoms with van der Waals surface area (Å²) in [7, 11) is 0. The Balaban J connectivity index is 2.03. The molecule has 0 aliphatic carbocycles. The molecule has 1 aromatic heterocycles. The summed E-state index contributed by atoms with van der Waals surface area (Å²) >= 11 is 3.10. The molecule has 6 heteroatoms. The Hall–Kier alpha value is -1.27. The SMILES string of the molecule is Cc1ccsc1C=CC(=O)NC1(C(=O)O)CCSC1. The Bertz CT molecular complexity index is 516. The molecule has 0 saturated carbocycles. The van der Waals surface area contributed by atoms with Crippen LogP contribution >= 0.6 is 23.1 Å². The van der Waals surface area contributed by atoms with E-state index in [-0.39, 0.29) is 5.91 Å². The molecule has 1 aliphatic rings. The van der Waals surface area contributed by atoms with Crippen LogP contribution in [-0.4, -0.2) is 34.0 Å². The Morgan fingerprint density at radius 2 is 2.32 bits per heavy atom. The standard InChI is InChI=1S/C13H15NO3S2/c1-9-4-6-19-10(9)2-3-11(15)14-13(12(16)17)5-7-18-8-13/h2-4,6H,5,7-8H2,1H3,(H,14,15)(H,16,17). The van der Waals surface area contributed by atoms with E-state index < -0.39 is 11.5 Å². The summed E-state index contributed by atoms with van der Waals surface area (Å²) in [5.74, 6) is -0.107. The van der Waals surface area contributed by atoms with Crippen molar-refractivity contribution in [1.82, 2.24) is 5.32 Å². The van der Waals surface area contributed by atoms with Crippen LogP contribution in [0.2, 0.25) is 0 Å². The minimum atomic E-state index is -1.10. The summed E-state index contributed by atoms with van der Waals surface area (Å²) in [6.07, 6.45) is 3.62. The van der Waals surface area contributed by atoms with Crippen LogP contribution in [0.1, 0.15) is 16.9 Å². The van der Waals surface area contributed by atoms with Gasteiger partial charge in [-0.2, -0.15) is 11.8 Å². The first-order chi connectivity index (χ1) is 9.03. The Morgan fingerprint density at radius 3 is 2.84 bits per heavy atom. The van der Waals surface area contributed by atoms with E-state index >= 15 is 0 Å². The van der Waals surface area contributed by atoms with Crippen molar-refractivity contribution in [2.24, 2.45) is 0 Å². The van der Waals surface area contributed by atoms with Crippen molar-refractivity contribution in [2.75, 3.05) is 11.5 Å². The molecule has 1 saturated heterocycles. The van der Waals surface area contributed by atoms with Crippen molar-refractivity contribution in [3.8, 4) is 0 Å². The summed E-state index contributed by atoms with van der Waals surface area (Å²) in [6, 6.07) is 1.98. The van der Waals surface area contributed by atoms with E-state index in [0.717, 1.165) is 16.2 Å². The third-order valence-electron chi connectivity index (χ3n) is 3.08. The molecule has 1 unspecified atom stereocenters. The van der Waals surface area contributed by atoms with Gasteiger partial charge in [0.2, 0.25) is 5.91 Å². The van der Waals surface area contributed by atoms with E-state index in [2.05, 4.69) is 5.32 Å². The minimum absolute atomic E-state index is 0.349. The molecular weight excluding hydrogens is 282 g/mol. The Morgan fingerprint density at radius 1 is 1.53 bits per heavy atom. The molecule has 1 atom stereocenters. The molecule has 19 heavy (non-hydrogen) atoms. The number of aliphatic carboxylic acids is 1. The lowest BCUT2D eigenvalue weighted by Crippen LogP contribution is -2.54. The van der Waals surface area contributed by atoms with Crippen LogP contribution in [0.15, 0.2) is 17.5 Å². The number of carbonyl (C=O) groups excluding carboxylic acids is 1. The third kappa shape index (κ3) is 3.19. The smallest absolute Gasteiger partial charge is 0.330 e. The van der Waals surface area contributed by atoms with Gasteiger partial charge in [-0.05, 0) is 42.2 Å². The van der Waals surface area contributed by atoms with Gasteiger partial charge in [-0.25, -0.2) is 4.79 Å². The first kappa shape index (κ1) is 14.1. The summed E-state index contributed by atoms with van der Waals surface area (Å²) in [5, 5.41) is 13.8. The summed E-state index contributed by atoms with van der Waals surface area (Å²) in [6.45, 7) is 1.97. The molecule has 2 heterocycles. The number of aryl methyl sites for hydroxylation is 1. The van der Waals surface area contributed by atoms with Gasteiger partial charge in [-0.3, -0.25) is 4.79 Å². The maximum Gasteiger partial charge on any atom is 0.330 e. The fourth-order valence-electron chi connectivity index (χ4n) is 1.87. The quantitative estimate of drug-likeness (QED) is 0.836. The number of hydrogen-bond acceptors (Lipinski definition) is 4. The molecule has 0 spiro atoms. The second-order valence-corrected chi connectivity index (χ2v) is 6.53. The van der Waals surface area contributed by atoms with Gasteiger partial charge in [0.15, 0.2) is 0 Å². The van der Waals surface area contributed by atoms with E-state index in [4.69, 9.17) is 0 Å². The van der Waals surface area contributed by atoms with Crippen LogP contribution in [-0.2, 0) is 9.59 Å². The van der Waals surface area contributed by atoms with Crippen LogP contribution in [0.5, 0.6) is 0 Å². The summed E-state index contributed by atoms with van der Waals surface area (Å²) < 4.78 is 0. The normalized spacial score (nSPS) is 22.8. The van der Waals surface area contributed by atoms with Gasteiger partial charge in [-0.1, -0.05) is 0 Å². The van der Waals surface area contributed by atoms with Crippen molar-refractivity contribution in [3.63, 3.8) is 0 Å². The molecule has 1 aromatic rings. The largest absolute Gasteiger partial charge is 0.479 e. The fourth-order valence-corrected chi connectivity index (χ4v) is 4.01. The summed E-state index contributed by atoms with van der Waals surface area (Å²) in [4.78, 5) is 24.2. The molecule has 0 radical (unpaired) electrons. The Kier molecular flexibility index (Phi) is 4.31. The fraction of sp³-hybridized carbons (Fsp3) is 0.385. The lowest BCUT2D eigenvalue weighted by atomic mass is 9.99. The van der Waals surface area contributed by atoms with Gasteiger partial charge in [0, 0.05) is 16.7 Å². The molecule has 4 nitrogen and oxygen atoms in total. The first-order valence-corrected chi connectivity index (χ1v) is 7.92. The first-order valence-electron chi connectivity index (χ1n) is 5.89. The number of hydrogen-bond donors (Lipinski definition) is 2. The van der Waals surface area contributed by atoms with Crippen molar-refractivity contribution < 1.29 is 14.7 Å². The van der Waals surface area contributed by atoms with Crippen molar-refractivity contribution in [1.29, 1.82) is 0 Å². The number of carbonyl (C=O) groups is 2. The lowest BCUT2D eigenvalue weighted by Gasteiger charge is -2.23. The average molecular weight is 297 g/mol. The average Bonchev–Trinajstić information content (AvgIpc) is 2.97. The monoisotopic (exact) mass is 297 g/mol. The minimum Gasteiger partial charge on any atom is -0.479 e. The molecule has 1 amide bonds. The highest BCUT2D eigenvalue weighted by atomic mass is 32.2. The summed E-state index contributed by atoms with van der Waals surface area (Å²) in [5.41, 5.74) is 0.00904. The lowest BCUT2D eigenvalue weighted by molar-refractivity contribution is -0.145. The zero-order valence-electron chi connectivity index (χ0n) is 10.5. The maximum atomic E-state index is 11.8. The second-order valence-electron chi connectivity index (χ2n) is 4.48. The molecule has 102 valence electrons.